The highest BCUT2D eigenvalue weighted by atomic mass is 16.3. The summed E-state index contributed by atoms with van der Waals surface area (Å²) < 4.78 is 2.01. The van der Waals surface area contributed by atoms with Crippen LogP contribution >= 0.6 is 0 Å². The van der Waals surface area contributed by atoms with Gasteiger partial charge in [0.05, 0.1) is 22.2 Å². The number of hydrogen-bond donors (Lipinski definition) is 3. The van der Waals surface area contributed by atoms with Crippen LogP contribution in [0.4, 0.5) is 11.4 Å². The number of likely N-dealkylation sites (N-methyl/N-ethyl adjacent to an activating group) is 1. The van der Waals surface area contributed by atoms with Crippen LogP contribution in [0.15, 0.2) is 30.3 Å². The normalized spacial score (nSPS) is 12.3. The van der Waals surface area contributed by atoms with Crippen molar-refractivity contribution in [2.45, 2.75) is 13.0 Å². The van der Waals surface area contributed by atoms with Crippen molar-refractivity contribution in [3.05, 3.63) is 35.9 Å². The highest BCUT2D eigenvalue weighted by molar-refractivity contribution is 6.16. The van der Waals surface area contributed by atoms with Crippen molar-refractivity contribution in [2.75, 3.05) is 53.1 Å². The number of nitrogens with zero attached hydrogens (tertiary/aromatic N) is 4. The fraction of sp³-hybridized carbons (Fsp3) is 0.391. The van der Waals surface area contributed by atoms with E-state index in [1.165, 1.54) is 0 Å². The molecule has 2 heterocycles. The van der Waals surface area contributed by atoms with Gasteiger partial charge in [-0.15, -0.1) is 0 Å². The Hall–Kier alpha value is -3.10. The maximum atomic E-state index is 13.0. The van der Waals surface area contributed by atoms with E-state index in [1.54, 1.807) is 12.1 Å². The number of fused-ring (bicyclic) bond motifs is 2. The fourth-order valence-corrected chi connectivity index (χ4v) is 3.95. The first kappa shape index (κ1) is 21.1. The van der Waals surface area contributed by atoms with Crippen LogP contribution in [0.5, 0.6) is 5.75 Å². The average molecular weight is 423 g/mol. The number of phenolic OH excluding ortho intramolecular Hbond substituents is 1. The Morgan fingerprint density at radius 2 is 1.90 bits per heavy atom. The number of hydrogen-bond acceptors (Lipinski definition) is 6. The van der Waals surface area contributed by atoms with E-state index in [9.17, 15) is 9.90 Å². The quantitative estimate of drug-likeness (QED) is 0.379. The summed E-state index contributed by atoms with van der Waals surface area (Å²) in [5.74, 6) is 0.0803. The van der Waals surface area contributed by atoms with Crippen molar-refractivity contribution in [1.82, 2.24) is 24.9 Å². The van der Waals surface area contributed by atoms with E-state index >= 15 is 0 Å². The molecule has 0 spiro atoms. The molecule has 3 N–H and O–H groups in total. The molecule has 2 aromatic carbocycles. The lowest BCUT2D eigenvalue weighted by atomic mass is 9.97. The number of benzene rings is 2. The van der Waals surface area contributed by atoms with Crippen LogP contribution in [-0.4, -0.2) is 78.4 Å². The van der Waals surface area contributed by atoms with Crippen molar-refractivity contribution >= 4 is 28.2 Å². The molecule has 1 aliphatic heterocycles. The highest BCUT2D eigenvalue weighted by Crippen LogP contribution is 2.45. The molecule has 0 saturated carbocycles. The fourth-order valence-electron chi connectivity index (χ4n) is 3.95. The first-order chi connectivity index (χ1) is 14.8. The minimum atomic E-state index is -0.111. The molecule has 1 aliphatic rings. The average Bonchev–Trinajstić information content (AvgIpc) is 3.08. The lowest BCUT2D eigenvalue weighted by Gasteiger charge is -2.21. The number of carbonyl (C=O) groups is 1. The van der Waals surface area contributed by atoms with Gasteiger partial charge in [0.15, 0.2) is 0 Å². The van der Waals surface area contributed by atoms with Gasteiger partial charge in [-0.3, -0.25) is 9.48 Å². The van der Waals surface area contributed by atoms with Crippen molar-refractivity contribution in [3.8, 4) is 17.0 Å². The van der Waals surface area contributed by atoms with Gasteiger partial charge in [-0.05, 0) is 71.5 Å². The minimum absolute atomic E-state index is 0.111. The molecule has 1 aromatic heterocycles. The van der Waals surface area contributed by atoms with Crippen LogP contribution in [0.25, 0.3) is 22.2 Å². The van der Waals surface area contributed by atoms with Crippen LogP contribution in [-0.2, 0) is 6.54 Å². The van der Waals surface area contributed by atoms with Gasteiger partial charge in [-0.1, -0.05) is 0 Å². The molecular formula is C23H30N6O2. The smallest absolute Gasteiger partial charge is 0.253 e. The molecule has 0 saturated heterocycles. The summed E-state index contributed by atoms with van der Waals surface area (Å²) in [6, 6.07) is 9.03. The standard InChI is InChI=1S/C23H30N6O2/c1-27(2)11-5-12-29-19-9-7-16(23(31)24-10-13-28(3)4)21-20(19)22(26-29)17-14-15(30)6-8-18(17)25-21/h6-9,14,25,30H,5,10-13H2,1-4H3,(H,24,31). The summed E-state index contributed by atoms with van der Waals surface area (Å²) in [5, 5.41) is 22.3. The molecule has 3 aromatic rings. The van der Waals surface area contributed by atoms with Gasteiger partial charge in [0.25, 0.3) is 5.91 Å². The number of aryl methyl sites for hydroxylation is 1. The second kappa shape index (κ2) is 8.56. The first-order valence-electron chi connectivity index (χ1n) is 10.6. The van der Waals surface area contributed by atoms with Crippen LogP contribution in [0.1, 0.15) is 16.8 Å². The number of phenols is 1. The zero-order valence-corrected chi connectivity index (χ0v) is 18.6. The maximum absolute atomic E-state index is 13.0. The summed E-state index contributed by atoms with van der Waals surface area (Å²) in [6.45, 7) is 3.08. The molecule has 0 bridgehead atoms. The molecule has 0 fully saturated rings. The molecule has 8 nitrogen and oxygen atoms in total. The Bertz CT molecular complexity index is 1120. The zero-order valence-electron chi connectivity index (χ0n) is 18.6. The number of anilines is 2. The van der Waals surface area contributed by atoms with E-state index in [2.05, 4.69) is 29.6 Å². The summed E-state index contributed by atoms with van der Waals surface area (Å²) in [7, 11) is 8.08. The number of aromatic nitrogens is 2. The Kier molecular flexibility index (Phi) is 5.84. The van der Waals surface area contributed by atoms with Gasteiger partial charge < -0.3 is 25.5 Å². The lowest BCUT2D eigenvalue weighted by molar-refractivity contribution is 0.0952. The topological polar surface area (TPSA) is 85.7 Å². The number of rotatable bonds is 8. The number of aromatic hydroxyl groups is 1. The molecular weight excluding hydrogens is 392 g/mol. The second-order valence-electron chi connectivity index (χ2n) is 8.52. The van der Waals surface area contributed by atoms with Crippen LogP contribution in [0.3, 0.4) is 0 Å². The van der Waals surface area contributed by atoms with Crippen molar-refractivity contribution < 1.29 is 9.90 Å². The van der Waals surface area contributed by atoms with Crippen LogP contribution in [0.2, 0.25) is 0 Å². The van der Waals surface area contributed by atoms with Gasteiger partial charge in [-0.2, -0.15) is 5.10 Å². The van der Waals surface area contributed by atoms with E-state index in [0.29, 0.717) is 12.1 Å². The van der Waals surface area contributed by atoms with E-state index in [0.717, 1.165) is 59.6 Å². The van der Waals surface area contributed by atoms with E-state index < -0.39 is 0 Å². The molecule has 0 atom stereocenters. The zero-order chi connectivity index (χ0) is 22.1. The molecule has 0 radical (unpaired) electrons. The number of carbonyl (C=O) groups excluding carboxylic acids is 1. The second-order valence-corrected chi connectivity index (χ2v) is 8.52. The van der Waals surface area contributed by atoms with E-state index in [1.807, 2.05) is 41.9 Å². The van der Waals surface area contributed by atoms with Gasteiger partial charge >= 0.3 is 0 Å². The Labute approximate surface area is 182 Å². The largest absolute Gasteiger partial charge is 0.508 e. The number of nitrogens with one attached hydrogen (secondary N) is 2. The summed E-state index contributed by atoms with van der Waals surface area (Å²) in [4.78, 5) is 17.1. The predicted octanol–water partition coefficient (Wildman–Crippen LogP) is 2.71. The Balaban J connectivity index is 1.77. The molecule has 1 amide bonds. The van der Waals surface area contributed by atoms with Gasteiger partial charge in [0.1, 0.15) is 11.4 Å². The molecule has 4 rings (SSSR count). The minimum Gasteiger partial charge on any atom is -0.508 e. The van der Waals surface area contributed by atoms with Gasteiger partial charge in [0, 0.05) is 30.9 Å². The predicted molar refractivity (Wildman–Crippen MR) is 124 cm³/mol. The Morgan fingerprint density at radius 3 is 2.65 bits per heavy atom. The summed E-state index contributed by atoms with van der Waals surface area (Å²) in [6.07, 6.45) is 0.964. The molecule has 8 heteroatoms. The van der Waals surface area contributed by atoms with Crippen LogP contribution in [0, 0.1) is 0 Å². The van der Waals surface area contributed by atoms with E-state index in [4.69, 9.17) is 5.10 Å². The van der Waals surface area contributed by atoms with Crippen molar-refractivity contribution in [2.24, 2.45) is 0 Å². The maximum Gasteiger partial charge on any atom is 0.253 e. The van der Waals surface area contributed by atoms with Gasteiger partial charge in [-0.25, -0.2) is 0 Å². The third kappa shape index (κ3) is 4.22. The molecule has 31 heavy (non-hydrogen) atoms. The third-order valence-electron chi connectivity index (χ3n) is 5.50. The monoisotopic (exact) mass is 422 g/mol. The van der Waals surface area contributed by atoms with Crippen molar-refractivity contribution in [3.63, 3.8) is 0 Å². The molecule has 164 valence electrons. The number of amides is 1. The highest BCUT2D eigenvalue weighted by Gasteiger charge is 2.27. The lowest BCUT2D eigenvalue weighted by Crippen LogP contribution is -2.31. The molecule has 0 unspecified atom stereocenters. The first-order valence-corrected chi connectivity index (χ1v) is 10.6. The summed E-state index contributed by atoms with van der Waals surface area (Å²) in [5.41, 5.74) is 4.82. The summed E-state index contributed by atoms with van der Waals surface area (Å²) >= 11 is 0. The SMILES string of the molecule is CN(C)CCCn1nc2c3c(c(C(=O)NCCN(C)C)ccc31)Nc1ccc(O)cc1-2. The third-order valence-corrected chi connectivity index (χ3v) is 5.50. The van der Waals surface area contributed by atoms with Crippen molar-refractivity contribution in [1.29, 1.82) is 0 Å². The Morgan fingerprint density at radius 1 is 1.13 bits per heavy atom. The van der Waals surface area contributed by atoms with Gasteiger partial charge in [0.2, 0.25) is 0 Å². The van der Waals surface area contributed by atoms with E-state index in [-0.39, 0.29) is 11.7 Å². The van der Waals surface area contributed by atoms with Crippen LogP contribution < -0.4 is 10.6 Å². The molecule has 0 aliphatic carbocycles.